The Bertz CT molecular complexity index is 729. The van der Waals surface area contributed by atoms with Gasteiger partial charge in [-0.05, 0) is 12.0 Å². The van der Waals surface area contributed by atoms with Crippen molar-refractivity contribution >= 4 is 33.4 Å². The Hall–Kier alpha value is -2.30. The predicted molar refractivity (Wildman–Crippen MR) is 79.1 cm³/mol. The van der Waals surface area contributed by atoms with E-state index in [2.05, 4.69) is 40.4 Å². The molecule has 3 rings (SSSR count). The zero-order chi connectivity index (χ0) is 13.4. The summed E-state index contributed by atoms with van der Waals surface area (Å²) in [4.78, 5) is 4.52. The first-order valence-electron chi connectivity index (χ1n) is 6.43. The van der Waals surface area contributed by atoms with Crippen LogP contribution in [0.15, 0.2) is 24.3 Å². The highest BCUT2D eigenvalue weighted by Gasteiger charge is 2.13. The van der Waals surface area contributed by atoms with Gasteiger partial charge in [-0.1, -0.05) is 32.0 Å². The van der Waals surface area contributed by atoms with Crippen LogP contribution in [-0.4, -0.2) is 21.7 Å². The predicted octanol–water partition coefficient (Wildman–Crippen LogP) is 2.76. The van der Waals surface area contributed by atoms with Crippen LogP contribution in [0, 0.1) is 5.92 Å². The van der Waals surface area contributed by atoms with E-state index in [4.69, 9.17) is 5.73 Å². The molecule has 19 heavy (non-hydrogen) atoms. The molecule has 0 spiro atoms. The van der Waals surface area contributed by atoms with Gasteiger partial charge in [-0.3, -0.25) is 5.10 Å². The summed E-state index contributed by atoms with van der Waals surface area (Å²) in [6.07, 6.45) is 0. The number of aromatic nitrogens is 3. The minimum absolute atomic E-state index is 0.551. The Balaban J connectivity index is 2.28. The number of pyridine rings is 1. The van der Waals surface area contributed by atoms with E-state index in [1.165, 1.54) is 0 Å². The van der Waals surface area contributed by atoms with Crippen molar-refractivity contribution in [1.29, 1.82) is 0 Å². The van der Waals surface area contributed by atoms with Gasteiger partial charge in [-0.2, -0.15) is 5.10 Å². The van der Waals surface area contributed by atoms with Crippen LogP contribution in [0.2, 0.25) is 0 Å². The van der Waals surface area contributed by atoms with Crippen LogP contribution in [0.3, 0.4) is 0 Å². The van der Waals surface area contributed by atoms with Gasteiger partial charge in [0.25, 0.3) is 0 Å². The standard InChI is InChI=1S/C14H17N5/c1-8(2)7-16-12-9-5-3-4-6-10(9)17-14-11(12)13(15)18-19-14/h3-6,8H,7H2,1-2H3,(H4,15,16,17,18,19). The van der Waals surface area contributed by atoms with E-state index in [0.29, 0.717) is 17.4 Å². The molecule has 0 atom stereocenters. The number of nitrogens with two attached hydrogens (primary N) is 1. The Morgan fingerprint density at radius 3 is 2.89 bits per heavy atom. The van der Waals surface area contributed by atoms with E-state index in [0.717, 1.165) is 28.5 Å². The molecule has 0 bridgehead atoms. The minimum atomic E-state index is 0.551. The molecule has 0 amide bonds. The fourth-order valence-electron chi connectivity index (χ4n) is 2.19. The number of rotatable bonds is 3. The monoisotopic (exact) mass is 255 g/mol. The smallest absolute Gasteiger partial charge is 0.185 e. The molecule has 2 heterocycles. The van der Waals surface area contributed by atoms with Crippen molar-refractivity contribution in [3.8, 4) is 0 Å². The highest BCUT2D eigenvalue weighted by Crippen LogP contribution is 2.32. The number of nitrogens with one attached hydrogen (secondary N) is 2. The van der Waals surface area contributed by atoms with Gasteiger partial charge in [0.15, 0.2) is 5.65 Å². The molecule has 4 N–H and O–H groups in total. The van der Waals surface area contributed by atoms with Gasteiger partial charge < -0.3 is 11.1 Å². The minimum Gasteiger partial charge on any atom is -0.384 e. The maximum Gasteiger partial charge on any atom is 0.185 e. The third kappa shape index (κ3) is 1.97. The van der Waals surface area contributed by atoms with Gasteiger partial charge in [-0.25, -0.2) is 4.98 Å². The first-order chi connectivity index (χ1) is 9.16. The van der Waals surface area contributed by atoms with Crippen molar-refractivity contribution in [1.82, 2.24) is 15.2 Å². The molecular weight excluding hydrogens is 238 g/mol. The summed E-state index contributed by atoms with van der Waals surface area (Å²) in [6, 6.07) is 8.02. The molecule has 0 fully saturated rings. The lowest BCUT2D eigenvalue weighted by atomic mass is 10.1. The van der Waals surface area contributed by atoms with E-state index in [-0.39, 0.29) is 0 Å². The van der Waals surface area contributed by atoms with E-state index in [1.54, 1.807) is 0 Å². The topological polar surface area (TPSA) is 79.6 Å². The lowest BCUT2D eigenvalue weighted by Crippen LogP contribution is -2.09. The summed E-state index contributed by atoms with van der Waals surface area (Å²) >= 11 is 0. The highest BCUT2D eigenvalue weighted by molar-refractivity contribution is 6.10. The van der Waals surface area contributed by atoms with E-state index >= 15 is 0 Å². The largest absolute Gasteiger partial charge is 0.384 e. The summed E-state index contributed by atoms with van der Waals surface area (Å²) in [6.45, 7) is 5.23. The second kappa shape index (κ2) is 4.42. The van der Waals surface area contributed by atoms with E-state index in [1.807, 2.05) is 18.2 Å². The van der Waals surface area contributed by atoms with Crippen molar-refractivity contribution in [3.63, 3.8) is 0 Å². The first kappa shape index (κ1) is 11.8. The number of anilines is 2. The van der Waals surface area contributed by atoms with Crippen molar-refractivity contribution < 1.29 is 0 Å². The molecule has 0 aliphatic rings. The molecule has 5 nitrogen and oxygen atoms in total. The second-order valence-corrected chi connectivity index (χ2v) is 5.11. The quantitative estimate of drug-likeness (QED) is 0.672. The van der Waals surface area contributed by atoms with Crippen molar-refractivity contribution in [2.75, 3.05) is 17.6 Å². The third-order valence-electron chi connectivity index (χ3n) is 3.11. The summed E-state index contributed by atoms with van der Waals surface area (Å²) in [5, 5.41) is 12.4. The zero-order valence-electron chi connectivity index (χ0n) is 11.1. The molecule has 0 aliphatic carbocycles. The number of hydrogen-bond acceptors (Lipinski definition) is 4. The van der Waals surface area contributed by atoms with Crippen molar-refractivity contribution in [2.45, 2.75) is 13.8 Å². The molecule has 5 heteroatoms. The van der Waals surface area contributed by atoms with Gasteiger partial charge in [0, 0.05) is 11.9 Å². The molecule has 0 radical (unpaired) electrons. The summed E-state index contributed by atoms with van der Waals surface area (Å²) < 4.78 is 0. The fraction of sp³-hybridized carbons (Fsp3) is 0.286. The lowest BCUT2D eigenvalue weighted by molar-refractivity contribution is 0.690. The lowest BCUT2D eigenvalue weighted by Gasteiger charge is -2.13. The van der Waals surface area contributed by atoms with Crippen LogP contribution in [-0.2, 0) is 0 Å². The molecule has 0 unspecified atom stereocenters. The van der Waals surface area contributed by atoms with Gasteiger partial charge in [0.1, 0.15) is 5.82 Å². The van der Waals surface area contributed by atoms with Crippen molar-refractivity contribution in [3.05, 3.63) is 24.3 Å². The van der Waals surface area contributed by atoms with Gasteiger partial charge in [-0.15, -0.1) is 0 Å². The summed E-state index contributed by atoms with van der Waals surface area (Å²) in [5.74, 6) is 1.11. The maximum absolute atomic E-state index is 5.98. The van der Waals surface area contributed by atoms with Crippen LogP contribution in [0.4, 0.5) is 11.5 Å². The van der Waals surface area contributed by atoms with E-state index in [9.17, 15) is 0 Å². The molecule has 0 aliphatic heterocycles. The molecule has 3 aromatic rings. The van der Waals surface area contributed by atoms with Crippen LogP contribution >= 0.6 is 0 Å². The Morgan fingerprint density at radius 2 is 2.11 bits per heavy atom. The summed E-state index contributed by atoms with van der Waals surface area (Å²) in [5.41, 5.74) is 8.57. The number of aromatic amines is 1. The van der Waals surface area contributed by atoms with Crippen LogP contribution in [0.1, 0.15) is 13.8 Å². The number of benzene rings is 1. The van der Waals surface area contributed by atoms with Crippen molar-refractivity contribution in [2.24, 2.45) is 5.92 Å². The van der Waals surface area contributed by atoms with Crippen LogP contribution in [0.5, 0.6) is 0 Å². The number of fused-ring (bicyclic) bond motifs is 2. The normalized spacial score (nSPS) is 11.5. The Labute approximate surface area is 111 Å². The molecular formula is C14H17N5. The van der Waals surface area contributed by atoms with Crippen LogP contribution in [0.25, 0.3) is 21.9 Å². The highest BCUT2D eigenvalue weighted by atomic mass is 15.2. The second-order valence-electron chi connectivity index (χ2n) is 5.11. The SMILES string of the molecule is CC(C)CNc1c2ccccc2nc2n[nH]c(N)c12. The molecule has 98 valence electrons. The van der Waals surface area contributed by atoms with Gasteiger partial charge in [0.05, 0.1) is 16.6 Å². The molecule has 0 saturated carbocycles. The summed E-state index contributed by atoms with van der Waals surface area (Å²) in [7, 11) is 0. The van der Waals surface area contributed by atoms with E-state index < -0.39 is 0 Å². The molecule has 1 aromatic carbocycles. The number of para-hydroxylation sites is 1. The van der Waals surface area contributed by atoms with Crippen LogP contribution < -0.4 is 11.1 Å². The average molecular weight is 255 g/mol. The maximum atomic E-state index is 5.98. The number of hydrogen-bond donors (Lipinski definition) is 3. The zero-order valence-corrected chi connectivity index (χ0v) is 11.1. The number of H-pyrrole nitrogens is 1. The average Bonchev–Trinajstić information content (AvgIpc) is 2.76. The Kier molecular flexibility index (Phi) is 2.74. The van der Waals surface area contributed by atoms with Gasteiger partial charge >= 0.3 is 0 Å². The number of nitrogen functional groups attached to an aromatic ring is 1. The fourth-order valence-corrected chi connectivity index (χ4v) is 2.19. The first-order valence-corrected chi connectivity index (χ1v) is 6.43. The third-order valence-corrected chi connectivity index (χ3v) is 3.11. The van der Waals surface area contributed by atoms with Gasteiger partial charge in [0.2, 0.25) is 0 Å². The molecule has 0 saturated heterocycles. The Morgan fingerprint density at radius 1 is 1.32 bits per heavy atom. The molecule has 2 aromatic heterocycles. The number of nitrogens with zero attached hydrogens (tertiary/aromatic N) is 2.